The summed E-state index contributed by atoms with van der Waals surface area (Å²) in [6.45, 7) is 4.00. The summed E-state index contributed by atoms with van der Waals surface area (Å²) in [7, 11) is 0. The minimum atomic E-state index is 0. The van der Waals surface area contributed by atoms with E-state index in [1.807, 2.05) is 13.8 Å². The Morgan fingerprint density at radius 2 is 2.00 bits per heavy atom. The summed E-state index contributed by atoms with van der Waals surface area (Å²) in [5.74, 6) is 0. The zero-order valence-corrected chi connectivity index (χ0v) is 8.54. The van der Waals surface area contributed by atoms with E-state index in [9.17, 15) is 0 Å². The third-order valence-corrected chi connectivity index (χ3v) is 0.439. The van der Waals surface area contributed by atoms with Gasteiger partial charge in [-0.3, -0.25) is 5.10 Å². The maximum Gasteiger partial charge on any atom is 0 e. The molecule has 0 unspecified atom stereocenters. The van der Waals surface area contributed by atoms with Crippen LogP contribution < -0.4 is 0 Å². The van der Waals surface area contributed by atoms with E-state index in [-0.39, 0.29) is 32.7 Å². The fourth-order valence-electron chi connectivity index (χ4n) is 0.225. The summed E-state index contributed by atoms with van der Waals surface area (Å²) in [6, 6.07) is 3.47. The molecule has 0 aliphatic heterocycles. The Kier molecular flexibility index (Phi) is 14.6. The van der Waals surface area contributed by atoms with Crippen molar-refractivity contribution in [2.24, 2.45) is 0 Å². The third-order valence-electron chi connectivity index (χ3n) is 0.439. The molecule has 1 heterocycles. The van der Waals surface area contributed by atoms with Crippen LogP contribution in [-0.2, 0) is 32.7 Å². The maximum atomic E-state index is 3.48. The number of nitrogens with zero attached hydrogens (tertiary/aromatic N) is 2. The van der Waals surface area contributed by atoms with Crippen LogP contribution in [0.25, 0.3) is 0 Å². The quantitative estimate of drug-likeness (QED) is 0.587. The van der Waals surface area contributed by atoms with E-state index in [0.717, 1.165) is 0 Å². The van der Waals surface area contributed by atoms with Crippen LogP contribution in [0, 0.1) is 6.20 Å². The first-order chi connectivity index (χ1) is 4.00. The number of rotatable bonds is 0. The predicted octanol–water partition coefficient (Wildman–Crippen LogP) is 1.30. The Balaban J connectivity index is 0. The van der Waals surface area contributed by atoms with Crippen LogP contribution in [0.5, 0.6) is 0 Å². The summed E-state index contributed by atoms with van der Waals surface area (Å²) >= 11 is 0. The Morgan fingerprint density at radius 3 is 2.11 bits per heavy atom. The predicted molar refractivity (Wildman–Crippen MR) is 32.2 cm³/mol. The van der Waals surface area contributed by atoms with Gasteiger partial charge >= 0.3 is 0 Å². The number of hydrogen-bond acceptors (Lipinski definition) is 2. The van der Waals surface area contributed by atoms with Crippen molar-refractivity contribution in [1.82, 2.24) is 10.2 Å². The largest absolute Gasteiger partial charge is 0.268 e. The molecule has 1 rings (SSSR count). The van der Waals surface area contributed by atoms with Crippen LogP contribution in [-0.4, -0.2) is 10.2 Å². The first kappa shape index (κ1) is 11.9. The second-order valence-corrected chi connectivity index (χ2v) is 0.853. The molecule has 0 amide bonds. The van der Waals surface area contributed by atoms with E-state index in [1.165, 1.54) is 0 Å². The van der Waals surface area contributed by atoms with Gasteiger partial charge in [-0.15, -0.1) is 6.20 Å². The van der Waals surface area contributed by atoms with Crippen molar-refractivity contribution in [3.8, 4) is 0 Å². The van der Waals surface area contributed by atoms with Crippen molar-refractivity contribution in [2.45, 2.75) is 13.8 Å². The maximum absolute atomic E-state index is 3.48. The number of hydrogen-bond donors (Lipinski definition) is 0. The second-order valence-electron chi connectivity index (χ2n) is 0.853. The minimum Gasteiger partial charge on any atom is -0.268 e. The molecule has 0 aromatic carbocycles. The molecule has 1 radical (unpaired) electrons. The molecule has 9 heavy (non-hydrogen) atoms. The monoisotopic (exact) mass is 198 g/mol. The van der Waals surface area contributed by atoms with E-state index < -0.39 is 0 Å². The van der Waals surface area contributed by atoms with Crippen molar-refractivity contribution < 1.29 is 32.7 Å². The zero-order chi connectivity index (χ0) is 6.24. The summed E-state index contributed by atoms with van der Waals surface area (Å²) in [6.07, 6.45) is 4.14. The molecule has 0 aliphatic carbocycles. The van der Waals surface area contributed by atoms with Gasteiger partial charge in [0, 0.05) is 32.7 Å². The summed E-state index contributed by atoms with van der Waals surface area (Å²) in [5, 5.41) is 6.89. The van der Waals surface area contributed by atoms with E-state index >= 15 is 0 Å². The Bertz CT molecular complexity index is 83.0. The summed E-state index contributed by atoms with van der Waals surface area (Å²) in [5.41, 5.74) is 0. The van der Waals surface area contributed by atoms with Crippen molar-refractivity contribution >= 4 is 0 Å². The van der Waals surface area contributed by atoms with E-state index in [2.05, 4.69) is 16.4 Å². The second kappa shape index (κ2) is 11.0. The van der Waals surface area contributed by atoms with Crippen LogP contribution >= 0.6 is 0 Å². The standard InChI is InChI=1S/C4H3N2.C2H6.Y/c1-2-4-6-5-3-1;1-2;/h1-3H;1-2H3;/q-1;;. The fourth-order valence-corrected chi connectivity index (χ4v) is 0.225. The van der Waals surface area contributed by atoms with Crippen LogP contribution in [0.4, 0.5) is 0 Å². The molecule has 0 saturated heterocycles. The molecule has 0 atom stereocenters. The van der Waals surface area contributed by atoms with Crippen molar-refractivity contribution in [3.63, 3.8) is 0 Å². The van der Waals surface area contributed by atoms with Gasteiger partial charge in [0.1, 0.15) is 0 Å². The van der Waals surface area contributed by atoms with Crippen LogP contribution in [0.2, 0.25) is 0 Å². The van der Waals surface area contributed by atoms with Crippen molar-refractivity contribution in [2.75, 3.05) is 0 Å². The van der Waals surface area contributed by atoms with Crippen LogP contribution in [0.1, 0.15) is 13.8 Å². The van der Waals surface area contributed by atoms with Gasteiger partial charge in [0.25, 0.3) is 0 Å². The molecule has 0 fully saturated rings. The molecule has 1 aromatic heterocycles. The molecule has 0 N–H and O–H groups in total. The van der Waals surface area contributed by atoms with Gasteiger partial charge in [0.05, 0.1) is 0 Å². The summed E-state index contributed by atoms with van der Waals surface area (Å²) in [4.78, 5) is 0. The topological polar surface area (TPSA) is 25.8 Å². The van der Waals surface area contributed by atoms with E-state index in [0.29, 0.717) is 0 Å². The first-order valence-electron chi connectivity index (χ1n) is 2.64. The van der Waals surface area contributed by atoms with Crippen molar-refractivity contribution in [1.29, 1.82) is 0 Å². The van der Waals surface area contributed by atoms with E-state index in [1.54, 1.807) is 18.3 Å². The molecule has 0 aliphatic rings. The number of aromatic nitrogens is 2. The average Bonchev–Trinajstić information content (AvgIpc) is 1.96. The molecule has 0 saturated carbocycles. The zero-order valence-electron chi connectivity index (χ0n) is 5.70. The van der Waals surface area contributed by atoms with Gasteiger partial charge in [-0.2, -0.15) is 11.2 Å². The van der Waals surface area contributed by atoms with E-state index in [4.69, 9.17) is 0 Å². The minimum absolute atomic E-state index is 0. The molecule has 0 spiro atoms. The van der Waals surface area contributed by atoms with Crippen molar-refractivity contribution in [3.05, 3.63) is 24.5 Å². The Labute approximate surface area is 81.0 Å². The molecular formula is C6H9N2Y-. The summed E-state index contributed by atoms with van der Waals surface area (Å²) < 4.78 is 0. The first-order valence-corrected chi connectivity index (χ1v) is 2.64. The van der Waals surface area contributed by atoms with Gasteiger partial charge in [-0.1, -0.05) is 13.8 Å². The normalized spacial score (nSPS) is 6.00. The van der Waals surface area contributed by atoms with Gasteiger partial charge < -0.3 is 0 Å². The van der Waals surface area contributed by atoms with Crippen LogP contribution in [0.15, 0.2) is 18.3 Å². The van der Waals surface area contributed by atoms with Gasteiger partial charge in [-0.25, -0.2) is 6.07 Å². The van der Waals surface area contributed by atoms with Gasteiger partial charge in [0.2, 0.25) is 0 Å². The SMILES string of the molecule is CC.[Y].[c-]1cccnn1. The van der Waals surface area contributed by atoms with Crippen LogP contribution in [0.3, 0.4) is 0 Å². The fraction of sp³-hybridized carbons (Fsp3) is 0.333. The Morgan fingerprint density at radius 1 is 1.33 bits per heavy atom. The molecule has 1 aromatic rings. The molecule has 3 heteroatoms. The van der Waals surface area contributed by atoms with Gasteiger partial charge in [0.15, 0.2) is 0 Å². The average molecular weight is 198 g/mol. The molecule has 2 nitrogen and oxygen atoms in total. The molecule has 47 valence electrons. The van der Waals surface area contributed by atoms with Gasteiger partial charge in [-0.05, 0) is 6.20 Å². The molecular weight excluding hydrogens is 189 g/mol. The smallest absolute Gasteiger partial charge is 0 e. The molecule has 0 bridgehead atoms. The Hall–Kier alpha value is 0.184. The third kappa shape index (κ3) is 8.18.